The predicted octanol–water partition coefficient (Wildman–Crippen LogP) is 1.45. The van der Waals surface area contributed by atoms with Gasteiger partial charge in [-0.05, 0) is 6.07 Å². The maximum Gasteiger partial charge on any atom is 0.433 e. The van der Waals surface area contributed by atoms with E-state index in [-0.39, 0.29) is 5.95 Å². The quantitative estimate of drug-likeness (QED) is 0.754. The Labute approximate surface area is 77.2 Å². The van der Waals surface area contributed by atoms with Crippen LogP contribution in [0.2, 0.25) is 0 Å². The van der Waals surface area contributed by atoms with Gasteiger partial charge >= 0.3 is 6.18 Å². The molecule has 1 aromatic rings. The van der Waals surface area contributed by atoms with Crippen LogP contribution in [0.4, 0.5) is 19.1 Å². The first-order valence-corrected chi connectivity index (χ1v) is 3.57. The molecule has 1 rings (SSSR count). The summed E-state index contributed by atoms with van der Waals surface area (Å²) in [5, 5.41) is 2.06. The summed E-state index contributed by atoms with van der Waals surface area (Å²) in [6, 6.07) is 0.727. The Bertz CT molecular complexity index is 350. The molecule has 0 aromatic carbocycles. The van der Waals surface area contributed by atoms with Crippen LogP contribution in [0.3, 0.4) is 0 Å². The van der Waals surface area contributed by atoms with Gasteiger partial charge in [0.25, 0.3) is 0 Å². The Kier molecular flexibility index (Phi) is 2.68. The zero-order valence-corrected chi connectivity index (χ0v) is 7.09. The van der Waals surface area contributed by atoms with Gasteiger partial charge in [-0.25, -0.2) is 9.97 Å². The molecule has 0 radical (unpaired) electrons. The lowest BCUT2D eigenvalue weighted by Gasteiger charge is -2.06. The number of anilines is 1. The number of amides is 1. The minimum absolute atomic E-state index is 0.354. The number of hydrogen-bond donors (Lipinski definition) is 1. The zero-order chi connectivity index (χ0) is 10.8. The molecule has 1 heterocycles. The third-order valence-corrected chi connectivity index (χ3v) is 1.23. The standard InChI is InChI=1S/C7H6F3N3O/c1-4(14)12-6-11-3-2-5(13-6)7(8,9)10/h2-3H,1H3,(H,11,12,13,14). The summed E-state index contributed by atoms with van der Waals surface area (Å²) in [6.07, 6.45) is -3.60. The molecule has 14 heavy (non-hydrogen) atoms. The highest BCUT2D eigenvalue weighted by Crippen LogP contribution is 2.27. The average molecular weight is 205 g/mol. The number of nitrogens with one attached hydrogen (secondary N) is 1. The number of carbonyl (C=O) groups is 1. The average Bonchev–Trinajstić information content (AvgIpc) is 2.01. The van der Waals surface area contributed by atoms with Crippen molar-refractivity contribution < 1.29 is 18.0 Å². The molecule has 1 amide bonds. The zero-order valence-electron chi connectivity index (χ0n) is 7.09. The minimum atomic E-state index is -4.53. The molecule has 4 nitrogen and oxygen atoms in total. The van der Waals surface area contributed by atoms with E-state index in [1.807, 2.05) is 0 Å². The van der Waals surface area contributed by atoms with Gasteiger partial charge in [0, 0.05) is 13.1 Å². The first-order chi connectivity index (χ1) is 6.39. The number of halogens is 3. The van der Waals surface area contributed by atoms with Crippen molar-refractivity contribution in [3.63, 3.8) is 0 Å². The van der Waals surface area contributed by atoms with Crippen LogP contribution < -0.4 is 5.32 Å². The summed E-state index contributed by atoms with van der Waals surface area (Å²) in [4.78, 5) is 17.1. The van der Waals surface area contributed by atoms with Crippen LogP contribution in [-0.4, -0.2) is 15.9 Å². The molecule has 0 aliphatic heterocycles. The summed E-state index contributed by atoms with van der Waals surface area (Å²) >= 11 is 0. The maximum absolute atomic E-state index is 12.1. The minimum Gasteiger partial charge on any atom is -0.295 e. The van der Waals surface area contributed by atoms with Crippen LogP contribution in [0.25, 0.3) is 0 Å². The molecular weight excluding hydrogens is 199 g/mol. The van der Waals surface area contributed by atoms with E-state index in [0.717, 1.165) is 19.2 Å². The van der Waals surface area contributed by atoms with E-state index < -0.39 is 17.8 Å². The van der Waals surface area contributed by atoms with Crippen LogP contribution in [0.5, 0.6) is 0 Å². The number of aromatic nitrogens is 2. The van der Waals surface area contributed by atoms with Crippen LogP contribution in [-0.2, 0) is 11.0 Å². The molecule has 0 saturated heterocycles. The summed E-state index contributed by atoms with van der Waals surface area (Å²) in [6.45, 7) is 1.16. The van der Waals surface area contributed by atoms with Crippen molar-refractivity contribution >= 4 is 11.9 Å². The first kappa shape index (κ1) is 10.4. The lowest BCUT2D eigenvalue weighted by atomic mass is 10.4. The Balaban J connectivity index is 2.95. The van der Waals surface area contributed by atoms with Crippen molar-refractivity contribution in [2.24, 2.45) is 0 Å². The molecule has 0 bridgehead atoms. The lowest BCUT2D eigenvalue weighted by molar-refractivity contribution is -0.141. The predicted molar refractivity (Wildman–Crippen MR) is 41.3 cm³/mol. The number of carbonyl (C=O) groups excluding carboxylic acids is 1. The van der Waals surface area contributed by atoms with Crippen LogP contribution in [0, 0.1) is 0 Å². The second-order valence-electron chi connectivity index (χ2n) is 2.44. The molecule has 1 N–H and O–H groups in total. The molecule has 0 atom stereocenters. The Morgan fingerprint density at radius 2 is 2.14 bits per heavy atom. The lowest BCUT2D eigenvalue weighted by Crippen LogP contribution is -2.13. The van der Waals surface area contributed by atoms with Gasteiger partial charge in [0.15, 0.2) is 0 Å². The van der Waals surface area contributed by atoms with Gasteiger partial charge in [0.05, 0.1) is 0 Å². The molecule has 0 spiro atoms. The summed E-state index contributed by atoms with van der Waals surface area (Å²) in [7, 11) is 0. The molecule has 0 saturated carbocycles. The summed E-state index contributed by atoms with van der Waals surface area (Å²) < 4.78 is 36.3. The highest BCUT2D eigenvalue weighted by molar-refractivity contribution is 5.86. The first-order valence-electron chi connectivity index (χ1n) is 3.57. The summed E-state index contributed by atoms with van der Waals surface area (Å²) in [5.41, 5.74) is -1.09. The molecule has 0 fully saturated rings. The molecular formula is C7H6F3N3O. The van der Waals surface area contributed by atoms with Gasteiger partial charge in [-0.15, -0.1) is 0 Å². The van der Waals surface area contributed by atoms with Gasteiger partial charge in [-0.1, -0.05) is 0 Å². The fraction of sp³-hybridized carbons (Fsp3) is 0.286. The maximum atomic E-state index is 12.1. The van der Waals surface area contributed by atoms with E-state index in [9.17, 15) is 18.0 Å². The molecule has 0 aliphatic carbocycles. The Morgan fingerprint density at radius 1 is 1.50 bits per heavy atom. The third-order valence-electron chi connectivity index (χ3n) is 1.23. The SMILES string of the molecule is CC(=O)Nc1nccc(C(F)(F)F)n1. The van der Waals surface area contributed by atoms with Gasteiger partial charge < -0.3 is 0 Å². The molecule has 76 valence electrons. The van der Waals surface area contributed by atoms with E-state index in [4.69, 9.17) is 0 Å². The fourth-order valence-electron chi connectivity index (χ4n) is 0.734. The largest absolute Gasteiger partial charge is 0.433 e. The van der Waals surface area contributed by atoms with E-state index >= 15 is 0 Å². The van der Waals surface area contributed by atoms with Crippen molar-refractivity contribution in [1.29, 1.82) is 0 Å². The van der Waals surface area contributed by atoms with Crippen molar-refractivity contribution in [2.75, 3.05) is 5.32 Å². The number of hydrogen-bond acceptors (Lipinski definition) is 3. The van der Waals surface area contributed by atoms with Gasteiger partial charge in [-0.3, -0.25) is 10.1 Å². The summed E-state index contributed by atoms with van der Waals surface area (Å²) in [5.74, 6) is -0.878. The van der Waals surface area contributed by atoms with Crippen LogP contribution in [0.1, 0.15) is 12.6 Å². The highest BCUT2D eigenvalue weighted by Gasteiger charge is 2.32. The Morgan fingerprint density at radius 3 is 2.64 bits per heavy atom. The van der Waals surface area contributed by atoms with Crippen molar-refractivity contribution in [3.8, 4) is 0 Å². The van der Waals surface area contributed by atoms with E-state index in [2.05, 4.69) is 15.3 Å². The fourth-order valence-corrected chi connectivity index (χ4v) is 0.734. The topological polar surface area (TPSA) is 54.9 Å². The van der Waals surface area contributed by atoms with E-state index in [0.29, 0.717) is 0 Å². The third kappa shape index (κ3) is 2.68. The van der Waals surface area contributed by atoms with Crippen LogP contribution in [0.15, 0.2) is 12.3 Å². The van der Waals surface area contributed by atoms with Crippen molar-refractivity contribution in [2.45, 2.75) is 13.1 Å². The normalized spacial score (nSPS) is 11.1. The smallest absolute Gasteiger partial charge is 0.295 e. The van der Waals surface area contributed by atoms with E-state index in [1.165, 1.54) is 0 Å². The highest BCUT2D eigenvalue weighted by atomic mass is 19.4. The van der Waals surface area contributed by atoms with Crippen LogP contribution >= 0.6 is 0 Å². The number of alkyl halides is 3. The number of nitrogens with zero attached hydrogens (tertiary/aromatic N) is 2. The van der Waals surface area contributed by atoms with Crippen molar-refractivity contribution in [3.05, 3.63) is 18.0 Å². The monoisotopic (exact) mass is 205 g/mol. The van der Waals surface area contributed by atoms with E-state index in [1.54, 1.807) is 0 Å². The molecule has 0 unspecified atom stereocenters. The van der Waals surface area contributed by atoms with Gasteiger partial charge in [0.2, 0.25) is 11.9 Å². The van der Waals surface area contributed by atoms with Gasteiger partial charge in [-0.2, -0.15) is 13.2 Å². The Hall–Kier alpha value is -1.66. The molecule has 7 heteroatoms. The van der Waals surface area contributed by atoms with Gasteiger partial charge in [0.1, 0.15) is 5.69 Å². The second-order valence-corrected chi connectivity index (χ2v) is 2.44. The second kappa shape index (κ2) is 3.60. The number of rotatable bonds is 1. The van der Waals surface area contributed by atoms with Crippen molar-refractivity contribution in [1.82, 2.24) is 9.97 Å². The molecule has 1 aromatic heterocycles. The molecule has 0 aliphatic rings.